The van der Waals surface area contributed by atoms with Crippen LogP contribution in [0.15, 0.2) is 18.2 Å². The smallest absolute Gasteiger partial charge is 0.123 e. The molecular weight excluding hydrogens is 344 g/mol. The first-order valence-electron chi connectivity index (χ1n) is 12.1. The van der Waals surface area contributed by atoms with Crippen LogP contribution in [0.3, 0.4) is 0 Å². The molecule has 0 saturated heterocycles. The van der Waals surface area contributed by atoms with E-state index in [4.69, 9.17) is 9.47 Å². The molecule has 161 valence electrons. The van der Waals surface area contributed by atoms with E-state index in [2.05, 4.69) is 19.9 Å². The minimum atomic E-state index is 0.796. The Labute approximate surface area is 175 Å². The van der Waals surface area contributed by atoms with Crippen molar-refractivity contribution in [3.63, 3.8) is 0 Å². The molecule has 0 heterocycles. The van der Waals surface area contributed by atoms with Gasteiger partial charge < -0.3 is 9.47 Å². The third-order valence-electron chi connectivity index (χ3n) is 5.27. The lowest BCUT2D eigenvalue weighted by Gasteiger charge is -2.09. The monoisotopic (exact) mass is 389 g/mol. The van der Waals surface area contributed by atoms with Crippen molar-refractivity contribution in [2.24, 2.45) is 0 Å². The summed E-state index contributed by atoms with van der Waals surface area (Å²) >= 11 is 0. The van der Waals surface area contributed by atoms with Gasteiger partial charge in [-0.2, -0.15) is 0 Å². The van der Waals surface area contributed by atoms with Crippen LogP contribution in [0.2, 0.25) is 0 Å². The molecule has 1 radical (unpaired) electrons. The fourth-order valence-electron chi connectivity index (χ4n) is 3.45. The summed E-state index contributed by atoms with van der Waals surface area (Å²) in [7, 11) is 0. The fraction of sp³-hybridized carbons (Fsp3) is 0.769. The summed E-state index contributed by atoms with van der Waals surface area (Å²) in [5.41, 5.74) is 0. The Hall–Kier alpha value is -1.18. The van der Waals surface area contributed by atoms with Crippen molar-refractivity contribution in [3.8, 4) is 11.5 Å². The van der Waals surface area contributed by atoms with Crippen molar-refractivity contribution in [1.29, 1.82) is 0 Å². The van der Waals surface area contributed by atoms with Crippen LogP contribution in [0.1, 0.15) is 117 Å². The summed E-state index contributed by atoms with van der Waals surface area (Å²) in [5.74, 6) is 1.77. The minimum Gasteiger partial charge on any atom is -0.493 e. The molecule has 0 amide bonds. The van der Waals surface area contributed by atoms with Crippen molar-refractivity contribution in [2.45, 2.75) is 117 Å². The average Bonchev–Trinajstić information content (AvgIpc) is 2.72. The van der Waals surface area contributed by atoms with E-state index >= 15 is 0 Å². The Morgan fingerprint density at radius 1 is 0.536 bits per heavy atom. The highest BCUT2D eigenvalue weighted by Crippen LogP contribution is 2.20. The molecule has 0 fully saturated rings. The molecular formula is C26H45O2. The first-order valence-corrected chi connectivity index (χ1v) is 12.1. The van der Waals surface area contributed by atoms with Gasteiger partial charge in [-0.05, 0) is 31.0 Å². The van der Waals surface area contributed by atoms with E-state index in [1.165, 1.54) is 89.9 Å². The number of hydrogen-bond acceptors (Lipinski definition) is 2. The molecule has 1 aromatic rings. The third-order valence-corrected chi connectivity index (χ3v) is 5.27. The topological polar surface area (TPSA) is 18.5 Å². The molecule has 0 atom stereocenters. The summed E-state index contributed by atoms with van der Waals surface area (Å²) in [6, 6.07) is 8.97. The van der Waals surface area contributed by atoms with E-state index in [1.54, 1.807) is 0 Å². The van der Waals surface area contributed by atoms with Gasteiger partial charge in [-0.1, -0.05) is 104 Å². The molecule has 0 spiro atoms. The number of unbranched alkanes of at least 4 members (excludes halogenated alkanes) is 14. The Bertz CT molecular complexity index is 407. The summed E-state index contributed by atoms with van der Waals surface area (Å²) in [6.07, 6.45) is 21.2. The molecule has 0 aliphatic rings. The lowest BCUT2D eigenvalue weighted by molar-refractivity contribution is 0.289. The second-order valence-corrected chi connectivity index (χ2v) is 8.05. The number of rotatable bonds is 20. The van der Waals surface area contributed by atoms with Crippen molar-refractivity contribution in [2.75, 3.05) is 13.2 Å². The van der Waals surface area contributed by atoms with Crippen LogP contribution >= 0.6 is 0 Å². The molecule has 1 aromatic carbocycles. The molecule has 1 rings (SSSR count). The molecule has 2 heteroatoms. The highest BCUT2D eigenvalue weighted by Gasteiger charge is 1.99. The third kappa shape index (κ3) is 14.8. The van der Waals surface area contributed by atoms with Crippen molar-refractivity contribution in [1.82, 2.24) is 0 Å². The Morgan fingerprint density at radius 2 is 0.893 bits per heavy atom. The van der Waals surface area contributed by atoms with Crippen LogP contribution in [0, 0.1) is 6.07 Å². The van der Waals surface area contributed by atoms with Crippen molar-refractivity contribution >= 4 is 0 Å². The maximum absolute atomic E-state index is 5.87. The van der Waals surface area contributed by atoms with E-state index in [0.717, 1.165) is 37.6 Å². The summed E-state index contributed by atoms with van der Waals surface area (Å²) in [6.45, 7) is 6.13. The van der Waals surface area contributed by atoms with Crippen LogP contribution in [-0.2, 0) is 0 Å². The van der Waals surface area contributed by atoms with Crippen LogP contribution in [-0.4, -0.2) is 13.2 Å². The zero-order chi connectivity index (χ0) is 20.1. The molecule has 28 heavy (non-hydrogen) atoms. The van der Waals surface area contributed by atoms with Gasteiger partial charge in [0.15, 0.2) is 0 Å². The van der Waals surface area contributed by atoms with E-state index in [0.29, 0.717) is 0 Å². The highest BCUT2D eigenvalue weighted by atomic mass is 16.5. The average molecular weight is 390 g/mol. The van der Waals surface area contributed by atoms with Gasteiger partial charge in [0.1, 0.15) is 11.5 Å². The van der Waals surface area contributed by atoms with Crippen LogP contribution in [0.4, 0.5) is 0 Å². The molecule has 0 N–H and O–H groups in total. The summed E-state index contributed by atoms with van der Waals surface area (Å²) in [5, 5.41) is 0. The van der Waals surface area contributed by atoms with Crippen LogP contribution in [0.25, 0.3) is 0 Å². The van der Waals surface area contributed by atoms with Gasteiger partial charge in [-0.3, -0.25) is 0 Å². The second-order valence-electron chi connectivity index (χ2n) is 8.05. The number of ether oxygens (including phenoxy) is 2. The lowest BCUT2D eigenvalue weighted by atomic mass is 10.1. The first-order chi connectivity index (χ1) is 13.9. The predicted molar refractivity (Wildman–Crippen MR) is 121 cm³/mol. The standard InChI is InChI=1S/C26H45O2/c1-3-5-7-9-11-13-15-17-22-27-25-20-19-21-26(24-25)28-23-18-16-14-12-10-8-6-4-2/h20-21,24H,3-18,22-23H2,1-2H3. The maximum atomic E-state index is 5.87. The van der Waals surface area contributed by atoms with Gasteiger partial charge in [0.05, 0.1) is 13.2 Å². The van der Waals surface area contributed by atoms with E-state index in [1.807, 2.05) is 18.2 Å². The minimum absolute atomic E-state index is 0.796. The molecule has 0 unspecified atom stereocenters. The Morgan fingerprint density at radius 3 is 1.29 bits per heavy atom. The zero-order valence-electron chi connectivity index (χ0n) is 18.8. The molecule has 2 nitrogen and oxygen atoms in total. The van der Waals surface area contributed by atoms with Gasteiger partial charge in [-0.25, -0.2) is 0 Å². The summed E-state index contributed by atoms with van der Waals surface area (Å²) < 4.78 is 11.7. The van der Waals surface area contributed by atoms with E-state index in [-0.39, 0.29) is 0 Å². The SMILES string of the molecule is CCCCCCCCCCOc1c[c]cc(OCCCCCCCCCC)c1. The largest absolute Gasteiger partial charge is 0.493 e. The van der Waals surface area contributed by atoms with Gasteiger partial charge in [0, 0.05) is 6.07 Å². The van der Waals surface area contributed by atoms with Crippen molar-refractivity contribution < 1.29 is 9.47 Å². The quantitative estimate of drug-likeness (QED) is 0.208. The number of benzene rings is 1. The zero-order valence-corrected chi connectivity index (χ0v) is 18.8. The Balaban J connectivity index is 2.00. The van der Waals surface area contributed by atoms with Crippen molar-refractivity contribution in [3.05, 3.63) is 24.3 Å². The van der Waals surface area contributed by atoms with Gasteiger partial charge in [0.25, 0.3) is 0 Å². The van der Waals surface area contributed by atoms with Gasteiger partial charge in [0.2, 0.25) is 0 Å². The van der Waals surface area contributed by atoms with E-state index < -0.39 is 0 Å². The van der Waals surface area contributed by atoms with Gasteiger partial charge >= 0.3 is 0 Å². The molecule has 0 aliphatic carbocycles. The first kappa shape index (κ1) is 24.9. The maximum Gasteiger partial charge on any atom is 0.123 e. The highest BCUT2D eigenvalue weighted by molar-refractivity contribution is 5.32. The Kier molecular flexibility index (Phi) is 17.0. The normalized spacial score (nSPS) is 10.9. The van der Waals surface area contributed by atoms with Crippen LogP contribution < -0.4 is 9.47 Å². The van der Waals surface area contributed by atoms with Crippen LogP contribution in [0.5, 0.6) is 11.5 Å². The van der Waals surface area contributed by atoms with Gasteiger partial charge in [-0.15, -0.1) is 0 Å². The molecule has 0 aliphatic heterocycles. The van der Waals surface area contributed by atoms with E-state index in [9.17, 15) is 0 Å². The summed E-state index contributed by atoms with van der Waals surface area (Å²) in [4.78, 5) is 0. The number of hydrogen-bond donors (Lipinski definition) is 0. The second kappa shape index (κ2) is 19.2. The lowest BCUT2D eigenvalue weighted by Crippen LogP contribution is -2.00. The molecule has 0 bridgehead atoms. The molecule has 0 aromatic heterocycles. The molecule has 0 saturated carbocycles. The predicted octanol–water partition coefficient (Wildman–Crippen LogP) is 8.53. The fourth-order valence-corrected chi connectivity index (χ4v) is 3.45.